The molecule has 10 aromatic rings. The van der Waals surface area contributed by atoms with Crippen molar-refractivity contribution in [2.45, 2.75) is 105 Å². The lowest BCUT2D eigenvalue weighted by molar-refractivity contribution is -0.122. The van der Waals surface area contributed by atoms with E-state index in [0.717, 1.165) is 57.7 Å². The lowest BCUT2D eigenvalue weighted by Gasteiger charge is -2.15. The van der Waals surface area contributed by atoms with E-state index < -0.39 is 0 Å². The van der Waals surface area contributed by atoms with E-state index in [1.54, 1.807) is 32.5 Å². The van der Waals surface area contributed by atoms with Crippen LogP contribution >= 0.6 is 139 Å². The fourth-order valence-corrected chi connectivity index (χ4v) is 22.1. The maximum atomic E-state index is 12.9. The lowest BCUT2D eigenvalue weighted by atomic mass is 10.0. The number of unbranched alkanes of at least 4 members (excludes halogenated alkanes) is 10. The molecule has 2 aliphatic rings. The number of amides is 2. The highest BCUT2D eigenvalue weighted by Gasteiger charge is 2.32. The molecule has 0 aliphatic carbocycles. The van der Waals surface area contributed by atoms with Gasteiger partial charge >= 0.3 is 0 Å². The number of hydrogen-bond donors (Lipinski definition) is 0. The van der Waals surface area contributed by atoms with Crippen LogP contribution in [0.2, 0.25) is 0 Å². The summed E-state index contributed by atoms with van der Waals surface area (Å²) in [5.41, 5.74) is 0. The van der Waals surface area contributed by atoms with Gasteiger partial charge in [-0.15, -0.1) is 90.7 Å². The summed E-state index contributed by atoms with van der Waals surface area (Å²) in [4.78, 5) is 47.4. The maximum absolute atomic E-state index is 12.9. The monoisotopic (exact) mass is 1330 g/mol. The van der Waals surface area contributed by atoms with E-state index in [2.05, 4.69) is 111 Å². The predicted molar refractivity (Wildman–Crippen MR) is 383 cm³/mol. The Bertz CT molecular complexity index is 3870. The summed E-state index contributed by atoms with van der Waals surface area (Å²) in [6.45, 7) is 11.0. The Morgan fingerprint density at radius 3 is 1.06 bits per heavy atom. The van der Waals surface area contributed by atoms with Gasteiger partial charge in [0.1, 0.15) is 20.1 Å². The van der Waals surface area contributed by atoms with Crippen molar-refractivity contribution >= 4 is 202 Å². The van der Waals surface area contributed by atoms with Crippen LogP contribution in [0.25, 0.3) is 102 Å². The molecule has 0 radical (unpaired) electrons. The number of thioether (sulfide) groups is 2. The molecule has 0 atom stereocenters. The number of benzene rings is 2. The van der Waals surface area contributed by atoms with Gasteiger partial charge in [0, 0.05) is 92.1 Å². The van der Waals surface area contributed by atoms with Crippen LogP contribution in [0.15, 0.2) is 107 Å². The SMILES string of the molecule is CCCCCCCCOc1c2cc3cc(-c4ccc(-c5ccc(-c6ccc(/C=C7\SC(=S)N(CC)C7=O)s6)s5)s4)sc3c(OCCCCCCCC)c2cc2cc(-c3ccc(-c4ccc(-c5ccc(/C=C6\SC(=S)N(CC)C6=O)s5)s4)s3)sc12. The average molecular weight is 1330 g/mol. The summed E-state index contributed by atoms with van der Waals surface area (Å²) < 4.78 is 17.8. The summed E-state index contributed by atoms with van der Waals surface area (Å²) in [7, 11) is 0. The number of thiophene rings is 8. The van der Waals surface area contributed by atoms with Crippen molar-refractivity contribution in [1.82, 2.24) is 9.80 Å². The van der Waals surface area contributed by atoms with Crippen LogP contribution in [0.5, 0.6) is 11.5 Å². The van der Waals surface area contributed by atoms with Crippen LogP contribution in [0.4, 0.5) is 0 Å². The third kappa shape index (κ3) is 13.0. The molecule has 2 fully saturated rings. The van der Waals surface area contributed by atoms with E-state index in [4.69, 9.17) is 33.9 Å². The first-order valence-electron chi connectivity index (χ1n) is 28.9. The number of rotatable bonds is 26. The number of carbonyl (C=O) groups excluding carboxylic acids is 2. The molecule has 2 aromatic carbocycles. The topological polar surface area (TPSA) is 59.1 Å². The number of hydrogen-bond acceptors (Lipinski definition) is 16. The third-order valence-electron chi connectivity index (χ3n) is 14.9. The van der Waals surface area contributed by atoms with Gasteiger partial charge < -0.3 is 9.47 Å². The fourth-order valence-electron chi connectivity index (χ4n) is 10.4. The number of thiocarbonyl (C=S) groups is 2. The Balaban J connectivity index is 0.845. The van der Waals surface area contributed by atoms with E-state index in [9.17, 15) is 9.59 Å². The van der Waals surface area contributed by atoms with Gasteiger partial charge in [-0.05, 0) is 147 Å². The van der Waals surface area contributed by atoms with Crippen LogP contribution in [-0.2, 0) is 9.59 Å². The molecule has 432 valence electrons. The van der Waals surface area contributed by atoms with Crippen molar-refractivity contribution in [2.75, 3.05) is 26.3 Å². The normalized spacial score (nSPS) is 15.0. The molecule has 0 bridgehead atoms. The van der Waals surface area contributed by atoms with Gasteiger partial charge in [0.15, 0.2) is 0 Å². The average Bonchev–Trinajstić information content (AvgIpc) is 1.97. The largest absolute Gasteiger partial charge is 0.491 e. The predicted octanol–water partition coefficient (Wildman–Crippen LogP) is 23.6. The highest BCUT2D eigenvalue weighted by Crippen LogP contribution is 2.53. The quantitative estimate of drug-likeness (QED) is 0.0302. The van der Waals surface area contributed by atoms with E-state index in [0.29, 0.717) is 44.8 Å². The minimum atomic E-state index is -0.00491. The number of ether oxygens (including phenoxy) is 2. The van der Waals surface area contributed by atoms with Gasteiger partial charge in [-0.25, -0.2) is 0 Å². The van der Waals surface area contributed by atoms with E-state index in [1.165, 1.54) is 154 Å². The minimum Gasteiger partial charge on any atom is -0.491 e. The number of fused-ring (bicyclic) bond motifs is 3. The molecule has 12 rings (SSSR count). The van der Waals surface area contributed by atoms with Crippen molar-refractivity contribution in [3.05, 3.63) is 117 Å². The zero-order chi connectivity index (χ0) is 57.8. The third-order valence-corrected chi connectivity index (χ3v) is 27.5. The van der Waals surface area contributed by atoms with Crippen molar-refractivity contribution in [3.8, 4) is 70.0 Å². The van der Waals surface area contributed by atoms with Crippen LogP contribution in [0.1, 0.15) is 114 Å². The molecule has 2 aliphatic heterocycles. The molecule has 8 aromatic heterocycles. The second kappa shape index (κ2) is 27.4. The molecule has 18 heteroatoms. The molecule has 84 heavy (non-hydrogen) atoms. The number of likely N-dealkylation sites (N-methyl/N-ethyl adjacent to an activating group) is 2. The van der Waals surface area contributed by atoms with Crippen molar-refractivity contribution in [1.29, 1.82) is 0 Å². The second-order valence-corrected chi connectivity index (χ2v) is 32.7. The first kappa shape index (κ1) is 60.0. The fraction of sp³-hybridized carbons (Fsp3) is 0.303. The number of carbonyl (C=O) groups is 2. The molecule has 10 heterocycles. The van der Waals surface area contributed by atoms with Gasteiger partial charge in [0.25, 0.3) is 11.8 Å². The first-order valence-corrected chi connectivity index (χ1v) is 37.9. The Morgan fingerprint density at radius 2 is 0.714 bits per heavy atom. The van der Waals surface area contributed by atoms with Crippen LogP contribution in [0, 0.1) is 0 Å². The highest BCUT2D eigenvalue weighted by molar-refractivity contribution is 8.27. The van der Waals surface area contributed by atoms with Crippen LogP contribution < -0.4 is 9.47 Å². The summed E-state index contributed by atoms with van der Waals surface area (Å²) in [6.07, 6.45) is 18.4. The molecule has 2 amide bonds. The van der Waals surface area contributed by atoms with Crippen LogP contribution in [0.3, 0.4) is 0 Å². The van der Waals surface area contributed by atoms with E-state index in [-0.39, 0.29) is 11.8 Å². The zero-order valence-electron chi connectivity index (χ0n) is 47.1. The standard InChI is InChI=1S/C66H62N2O4S12/c1-5-9-11-13-15-17-31-71-59-43-33-40-36-56(54-30-28-52(80-54)50-26-24-48(78-50)46-22-20-42(76-46)38-58-64(70)68(8-4)66(74)84-58)82-62(40)60(72-32-18-16-14-12-10-6-2)44(43)34-39-35-55(81-61(39)59)53-29-27-51(79-53)49-25-23-47(77-49)45-21-19-41(75-45)37-57-63(69)67(7-3)65(73)83-57/h19-30,33-38H,5-18,31-32H2,1-4H3/b57-37-,58-38-. The summed E-state index contributed by atoms with van der Waals surface area (Å²) in [6, 6.07) is 36.1. The summed E-state index contributed by atoms with van der Waals surface area (Å²) >= 11 is 28.1. The summed E-state index contributed by atoms with van der Waals surface area (Å²) in [5.74, 6) is 1.93. The number of nitrogens with zero attached hydrogens (tertiary/aromatic N) is 2. The lowest BCUT2D eigenvalue weighted by Crippen LogP contribution is -2.27. The molecule has 0 saturated carbocycles. The van der Waals surface area contributed by atoms with Gasteiger partial charge in [-0.2, -0.15) is 0 Å². The van der Waals surface area contributed by atoms with Gasteiger partial charge in [0.2, 0.25) is 0 Å². The molecule has 2 saturated heterocycles. The molecule has 0 unspecified atom stereocenters. The first-order chi connectivity index (χ1) is 41.1. The van der Waals surface area contributed by atoms with Crippen molar-refractivity contribution in [2.24, 2.45) is 0 Å². The molecular formula is C66H62N2O4S12. The smallest absolute Gasteiger partial charge is 0.266 e. The van der Waals surface area contributed by atoms with Crippen molar-refractivity contribution < 1.29 is 19.1 Å². The molecule has 0 spiro atoms. The highest BCUT2D eigenvalue weighted by atomic mass is 32.2. The molecule has 6 nitrogen and oxygen atoms in total. The second-order valence-electron chi connectivity index (χ2n) is 20.7. The minimum absolute atomic E-state index is 0.00491. The van der Waals surface area contributed by atoms with E-state index in [1.807, 2.05) is 94.0 Å². The Kier molecular flexibility index (Phi) is 19.6. The molecular weight excluding hydrogens is 1270 g/mol. The Hall–Kier alpha value is -4.28. The van der Waals surface area contributed by atoms with Gasteiger partial charge in [0.05, 0.1) is 32.4 Å². The van der Waals surface area contributed by atoms with E-state index >= 15 is 0 Å². The van der Waals surface area contributed by atoms with Gasteiger partial charge in [-0.3, -0.25) is 19.4 Å². The molecule has 0 N–H and O–H groups in total. The zero-order valence-corrected chi connectivity index (χ0v) is 56.9. The Morgan fingerprint density at radius 1 is 0.393 bits per heavy atom. The Labute approximate surface area is 543 Å². The van der Waals surface area contributed by atoms with Crippen molar-refractivity contribution in [3.63, 3.8) is 0 Å². The maximum Gasteiger partial charge on any atom is 0.266 e. The van der Waals surface area contributed by atoms with Crippen LogP contribution in [-0.4, -0.2) is 56.6 Å². The van der Waals surface area contributed by atoms with Gasteiger partial charge in [-0.1, -0.05) is 126 Å². The summed E-state index contributed by atoms with van der Waals surface area (Å²) in [5, 5.41) is 4.61.